The van der Waals surface area contributed by atoms with Crippen LogP contribution in [-0.4, -0.2) is 24.2 Å². The molecule has 0 saturated carbocycles. The molecule has 1 fully saturated rings. The third-order valence-corrected chi connectivity index (χ3v) is 3.82. The van der Waals surface area contributed by atoms with Crippen LogP contribution < -0.4 is 11.1 Å². The lowest BCUT2D eigenvalue weighted by Crippen LogP contribution is -2.26. The number of carboxylic acid groups (broad SMARTS) is 1. The molecule has 19 heavy (non-hydrogen) atoms. The van der Waals surface area contributed by atoms with Crippen molar-refractivity contribution < 1.29 is 9.90 Å². The zero-order valence-corrected chi connectivity index (χ0v) is 11.1. The van der Waals surface area contributed by atoms with Crippen molar-refractivity contribution in [1.29, 1.82) is 0 Å². The summed E-state index contributed by atoms with van der Waals surface area (Å²) >= 11 is 0. The summed E-state index contributed by atoms with van der Waals surface area (Å²) in [5.74, 6) is -0.183. The fraction of sp³-hybridized carbons (Fsp3) is 0.533. The lowest BCUT2D eigenvalue weighted by molar-refractivity contribution is -0.137. The predicted octanol–water partition coefficient (Wildman–Crippen LogP) is 2.02. The molecule has 1 unspecified atom stereocenters. The molecule has 1 heterocycles. The van der Waals surface area contributed by atoms with Gasteiger partial charge >= 0.3 is 5.97 Å². The Bertz CT molecular complexity index is 428. The van der Waals surface area contributed by atoms with Crippen LogP contribution in [-0.2, 0) is 4.79 Å². The number of hydrogen-bond donors (Lipinski definition) is 3. The number of hydrogen-bond acceptors (Lipinski definition) is 3. The molecule has 0 bridgehead atoms. The molecule has 1 atom stereocenters. The van der Waals surface area contributed by atoms with Crippen molar-refractivity contribution in [3.8, 4) is 0 Å². The predicted molar refractivity (Wildman–Crippen MR) is 75.1 cm³/mol. The fourth-order valence-corrected chi connectivity index (χ4v) is 2.64. The summed E-state index contributed by atoms with van der Waals surface area (Å²) in [5.41, 5.74) is 8.46. The number of nitrogens with one attached hydrogen (secondary N) is 1. The SMILES string of the molecule is NC(CCC(=O)O)c1cccc(C2CCNCC2)c1. The van der Waals surface area contributed by atoms with E-state index in [0.29, 0.717) is 12.3 Å². The van der Waals surface area contributed by atoms with Gasteiger partial charge in [0, 0.05) is 12.5 Å². The molecule has 1 aromatic carbocycles. The summed E-state index contributed by atoms with van der Waals surface area (Å²) < 4.78 is 0. The van der Waals surface area contributed by atoms with Crippen LogP contribution in [0.5, 0.6) is 0 Å². The summed E-state index contributed by atoms with van der Waals surface area (Å²) in [5, 5.41) is 12.1. The Morgan fingerprint density at radius 1 is 1.42 bits per heavy atom. The molecule has 0 radical (unpaired) electrons. The van der Waals surface area contributed by atoms with Gasteiger partial charge in [0.05, 0.1) is 0 Å². The molecule has 0 aliphatic carbocycles. The van der Waals surface area contributed by atoms with E-state index in [2.05, 4.69) is 17.4 Å². The maximum atomic E-state index is 10.6. The Balaban J connectivity index is 2.03. The second kappa shape index (κ2) is 6.68. The lowest BCUT2D eigenvalue weighted by Gasteiger charge is -2.24. The van der Waals surface area contributed by atoms with Gasteiger partial charge in [-0.15, -0.1) is 0 Å². The van der Waals surface area contributed by atoms with E-state index in [1.54, 1.807) is 0 Å². The van der Waals surface area contributed by atoms with Crippen LogP contribution in [0.2, 0.25) is 0 Å². The van der Waals surface area contributed by atoms with Crippen molar-refractivity contribution in [3.05, 3.63) is 35.4 Å². The highest BCUT2D eigenvalue weighted by Gasteiger charge is 2.16. The van der Waals surface area contributed by atoms with Gasteiger partial charge in [0.1, 0.15) is 0 Å². The first kappa shape index (κ1) is 14.0. The molecule has 1 saturated heterocycles. The Labute approximate surface area is 114 Å². The molecule has 2 rings (SSSR count). The summed E-state index contributed by atoms with van der Waals surface area (Å²) in [4.78, 5) is 10.6. The Morgan fingerprint density at radius 2 is 2.16 bits per heavy atom. The number of carbonyl (C=O) groups is 1. The van der Waals surface area contributed by atoms with E-state index in [0.717, 1.165) is 31.5 Å². The molecule has 0 aromatic heterocycles. The van der Waals surface area contributed by atoms with Crippen LogP contribution in [0.25, 0.3) is 0 Å². The van der Waals surface area contributed by atoms with Gasteiger partial charge in [-0.25, -0.2) is 0 Å². The minimum Gasteiger partial charge on any atom is -0.481 e. The second-order valence-corrected chi connectivity index (χ2v) is 5.23. The average molecular weight is 262 g/mol. The van der Waals surface area contributed by atoms with Gasteiger partial charge in [-0.2, -0.15) is 0 Å². The van der Waals surface area contributed by atoms with Crippen molar-refractivity contribution in [2.45, 2.75) is 37.6 Å². The monoisotopic (exact) mass is 262 g/mol. The van der Waals surface area contributed by atoms with Crippen LogP contribution in [0, 0.1) is 0 Å². The molecule has 4 heteroatoms. The molecule has 4 nitrogen and oxygen atoms in total. The molecule has 1 aromatic rings. The van der Waals surface area contributed by atoms with Crippen LogP contribution >= 0.6 is 0 Å². The first-order valence-corrected chi connectivity index (χ1v) is 6.95. The molecule has 0 amide bonds. The normalized spacial score (nSPS) is 18.2. The number of aliphatic carboxylic acids is 1. The standard InChI is InChI=1S/C15H22N2O2/c16-14(4-5-15(18)19)13-3-1-2-12(10-13)11-6-8-17-9-7-11/h1-3,10-11,14,17H,4-9,16H2,(H,18,19). The number of carboxylic acids is 1. The summed E-state index contributed by atoms with van der Waals surface area (Å²) in [6.45, 7) is 2.14. The zero-order chi connectivity index (χ0) is 13.7. The van der Waals surface area contributed by atoms with Gasteiger partial charge in [-0.3, -0.25) is 4.79 Å². The average Bonchev–Trinajstić information content (AvgIpc) is 2.46. The third kappa shape index (κ3) is 4.04. The molecule has 104 valence electrons. The molecular formula is C15H22N2O2. The highest BCUT2D eigenvalue weighted by molar-refractivity contribution is 5.66. The fourth-order valence-electron chi connectivity index (χ4n) is 2.64. The molecule has 4 N–H and O–H groups in total. The minimum absolute atomic E-state index is 0.124. The maximum absolute atomic E-state index is 10.6. The van der Waals surface area contributed by atoms with Gasteiger partial charge in [-0.1, -0.05) is 24.3 Å². The van der Waals surface area contributed by atoms with Crippen LogP contribution in [0.3, 0.4) is 0 Å². The maximum Gasteiger partial charge on any atom is 0.303 e. The molecule has 0 spiro atoms. The number of nitrogens with two attached hydrogens (primary N) is 1. The third-order valence-electron chi connectivity index (χ3n) is 3.82. The van der Waals surface area contributed by atoms with E-state index in [9.17, 15) is 4.79 Å². The van der Waals surface area contributed by atoms with E-state index in [-0.39, 0.29) is 12.5 Å². The van der Waals surface area contributed by atoms with Crippen LogP contribution in [0.4, 0.5) is 0 Å². The smallest absolute Gasteiger partial charge is 0.303 e. The van der Waals surface area contributed by atoms with Gasteiger partial charge in [0.2, 0.25) is 0 Å². The summed E-state index contributed by atoms with van der Waals surface area (Å²) in [7, 11) is 0. The number of rotatable bonds is 5. The van der Waals surface area contributed by atoms with E-state index in [1.165, 1.54) is 5.56 Å². The van der Waals surface area contributed by atoms with Gasteiger partial charge in [0.25, 0.3) is 0 Å². The van der Waals surface area contributed by atoms with E-state index in [4.69, 9.17) is 10.8 Å². The van der Waals surface area contributed by atoms with Crippen molar-refractivity contribution in [3.63, 3.8) is 0 Å². The first-order chi connectivity index (χ1) is 9.16. The molecule has 1 aliphatic rings. The van der Waals surface area contributed by atoms with Crippen molar-refractivity contribution in [2.75, 3.05) is 13.1 Å². The molecule has 1 aliphatic heterocycles. The Morgan fingerprint density at radius 3 is 2.84 bits per heavy atom. The second-order valence-electron chi connectivity index (χ2n) is 5.23. The van der Waals surface area contributed by atoms with Crippen molar-refractivity contribution in [1.82, 2.24) is 5.32 Å². The van der Waals surface area contributed by atoms with E-state index < -0.39 is 5.97 Å². The van der Waals surface area contributed by atoms with Gasteiger partial charge < -0.3 is 16.2 Å². The highest BCUT2D eigenvalue weighted by atomic mass is 16.4. The first-order valence-electron chi connectivity index (χ1n) is 6.95. The van der Waals surface area contributed by atoms with Gasteiger partial charge in [-0.05, 0) is 49.4 Å². The van der Waals surface area contributed by atoms with E-state index >= 15 is 0 Å². The van der Waals surface area contributed by atoms with Crippen molar-refractivity contribution >= 4 is 5.97 Å². The Hall–Kier alpha value is -1.39. The zero-order valence-electron chi connectivity index (χ0n) is 11.1. The van der Waals surface area contributed by atoms with Crippen LogP contribution in [0.15, 0.2) is 24.3 Å². The largest absolute Gasteiger partial charge is 0.481 e. The number of benzene rings is 1. The Kier molecular flexibility index (Phi) is 4.93. The minimum atomic E-state index is -0.787. The molecular weight excluding hydrogens is 240 g/mol. The quantitative estimate of drug-likeness (QED) is 0.759. The van der Waals surface area contributed by atoms with Gasteiger partial charge in [0.15, 0.2) is 0 Å². The lowest BCUT2D eigenvalue weighted by atomic mass is 9.88. The topological polar surface area (TPSA) is 75.4 Å². The summed E-state index contributed by atoms with van der Waals surface area (Å²) in [6.07, 6.45) is 2.94. The van der Waals surface area contributed by atoms with Crippen molar-refractivity contribution in [2.24, 2.45) is 5.73 Å². The number of piperidine rings is 1. The summed E-state index contributed by atoms with van der Waals surface area (Å²) in [6, 6.07) is 8.16. The van der Waals surface area contributed by atoms with Crippen LogP contribution in [0.1, 0.15) is 48.8 Å². The highest BCUT2D eigenvalue weighted by Crippen LogP contribution is 2.27. The van der Waals surface area contributed by atoms with E-state index in [1.807, 2.05) is 12.1 Å².